The molecule has 2 heterocycles. The monoisotopic (exact) mass is 456 g/mol. The summed E-state index contributed by atoms with van der Waals surface area (Å²) >= 11 is 3.40. The van der Waals surface area contributed by atoms with E-state index in [1.165, 1.54) is 0 Å². The Morgan fingerprint density at radius 3 is 2.24 bits per heavy atom. The van der Waals surface area contributed by atoms with Crippen molar-refractivity contribution >= 4 is 33.8 Å². The Hall–Kier alpha value is -2.80. The number of amides is 2. The zero-order valence-corrected chi connectivity index (χ0v) is 17.4. The Morgan fingerprint density at radius 1 is 0.862 bits per heavy atom. The molecule has 2 aliphatic heterocycles. The molecular formula is C22H21BrN2O4. The van der Waals surface area contributed by atoms with Gasteiger partial charge in [0.05, 0.1) is 0 Å². The minimum absolute atomic E-state index is 0.0423. The summed E-state index contributed by atoms with van der Waals surface area (Å²) in [6.45, 7) is 3.04. The van der Waals surface area contributed by atoms with Gasteiger partial charge in [-0.3, -0.25) is 9.59 Å². The number of halogens is 1. The average Bonchev–Trinajstić information content (AvgIpc) is 2.78. The third-order valence-corrected chi connectivity index (χ3v) is 5.48. The number of carbonyl (C=O) groups is 2. The molecule has 2 aliphatic rings. The zero-order valence-electron chi connectivity index (χ0n) is 15.8. The molecule has 0 saturated carbocycles. The molecule has 0 N–H and O–H groups in total. The number of benzene rings is 2. The van der Waals surface area contributed by atoms with E-state index in [-0.39, 0.29) is 11.8 Å². The molecule has 1 fully saturated rings. The Labute approximate surface area is 177 Å². The molecule has 2 aromatic carbocycles. The smallest absolute Gasteiger partial charge is 0.254 e. The number of nitrogens with zero attached hydrogens (tertiary/aromatic N) is 2. The number of hydrogen-bond acceptors (Lipinski definition) is 4. The van der Waals surface area contributed by atoms with E-state index in [0.717, 1.165) is 10.0 Å². The highest BCUT2D eigenvalue weighted by Crippen LogP contribution is 2.31. The van der Waals surface area contributed by atoms with Gasteiger partial charge in [-0.1, -0.05) is 28.1 Å². The highest BCUT2D eigenvalue weighted by atomic mass is 79.9. The summed E-state index contributed by atoms with van der Waals surface area (Å²) in [5.41, 5.74) is 1.54. The molecule has 7 heteroatoms. The van der Waals surface area contributed by atoms with E-state index in [9.17, 15) is 9.59 Å². The van der Waals surface area contributed by atoms with Crippen LogP contribution in [0.2, 0.25) is 0 Å². The predicted molar refractivity (Wildman–Crippen MR) is 113 cm³/mol. The van der Waals surface area contributed by atoms with Crippen molar-refractivity contribution in [3.05, 3.63) is 64.1 Å². The van der Waals surface area contributed by atoms with Crippen molar-refractivity contribution in [3.63, 3.8) is 0 Å². The lowest BCUT2D eigenvalue weighted by atomic mass is 10.1. The number of hydrogen-bond donors (Lipinski definition) is 0. The van der Waals surface area contributed by atoms with Crippen LogP contribution < -0.4 is 9.47 Å². The maximum atomic E-state index is 12.8. The SMILES string of the molecule is O=C(/C=C/c1ccc(Br)cc1)N1CCN(C(=O)c2ccc3c(c2)OCCO3)CC1. The second-order valence-electron chi connectivity index (χ2n) is 6.86. The summed E-state index contributed by atoms with van der Waals surface area (Å²) in [4.78, 5) is 28.8. The maximum Gasteiger partial charge on any atom is 0.254 e. The van der Waals surface area contributed by atoms with E-state index in [1.807, 2.05) is 30.3 Å². The summed E-state index contributed by atoms with van der Waals surface area (Å²) in [6, 6.07) is 13.0. The molecule has 0 spiro atoms. The van der Waals surface area contributed by atoms with E-state index < -0.39 is 0 Å². The van der Waals surface area contributed by atoms with Crippen LogP contribution in [0.25, 0.3) is 6.08 Å². The molecule has 0 atom stereocenters. The Morgan fingerprint density at radius 2 is 1.52 bits per heavy atom. The van der Waals surface area contributed by atoms with Gasteiger partial charge in [-0.15, -0.1) is 0 Å². The molecular weight excluding hydrogens is 436 g/mol. The first-order valence-electron chi connectivity index (χ1n) is 9.52. The largest absolute Gasteiger partial charge is 0.486 e. The normalized spacial score (nSPS) is 16.2. The topological polar surface area (TPSA) is 59.1 Å². The fraction of sp³-hybridized carbons (Fsp3) is 0.273. The van der Waals surface area contributed by atoms with Crippen LogP contribution in [0.1, 0.15) is 15.9 Å². The summed E-state index contributed by atoms with van der Waals surface area (Å²) in [5, 5.41) is 0. The first-order valence-corrected chi connectivity index (χ1v) is 10.3. The van der Waals surface area contributed by atoms with Crippen LogP contribution >= 0.6 is 15.9 Å². The molecule has 4 rings (SSSR count). The summed E-state index contributed by atoms with van der Waals surface area (Å²) in [7, 11) is 0. The highest BCUT2D eigenvalue weighted by molar-refractivity contribution is 9.10. The fourth-order valence-electron chi connectivity index (χ4n) is 3.34. The number of carbonyl (C=O) groups excluding carboxylic acids is 2. The Kier molecular flexibility index (Phi) is 5.85. The lowest BCUT2D eigenvalue weighted by molar-refractivity contribution is -0.127. The molecule has 0 bridgehead atoms. The quantitative estimate of drug-likeness (QED) is 0.665. The average molecular weight is 457 g/mol. The van der Waals surface area contributed by atoms with Crippen molar-refractivity contribution in [2.45, 2.75) is 0 Å². The number of rotatable bonds is 3. The van der Waals surface area contributed by atoms with Gasteiger partial charge in [0.1, 0.15) is 13.2 Å². The third kappa shape index (κ3) is 4.62. The number of ether oxygens (including phenoxy) is 2. The Bertz CT molecular complexity index is 934. The maximum absolute atomic E-state index is 12.8. The molecule has 0 aliphatic carbocycles. The fourth-order valence-corrected chi connectivity index (χ4v) is 3.60. The first-order chi connectivity index (χ1) is 14.1. The summed E-state index contributed by atoms with van der Waals surface area (Å²) in [6.07, 6.45) is 3.39. The second kappa shape index (κ2) is 8.69. The molecule has 0 unspecified atom stereocenters. The lowest BCUT2D eigenvalue weighted by Gasteiger charge is -2.34. The van der Waals surface area contributed by atoms with Crippen molar-refractivity contribution in [1.29, 1.82) is 0 Å². The van der Waals surface area contributed by atoms with Crippen molar-refractivity contribution in [2.24, 2.45) is 0 Å². The summed E-state index contributed by atoms with van der Waals surface area (Å²) < 4.78 is 12.1. The van der Waals surface area contributed by atoms with Crippen molar-refractivity contribution in [1.82, 2.24) is 9.80 Å². The number of fused-ring (bicyclic) bond motifs is 1. The van der Waals surface area contributed by atoms with Gasteiger partial charge in [-0.2, -0.15) is 0 Å². The zero-order chi connectivity index (χ0) is 20.2. The van der Waals surface area contributed by atoms with E-state index in [0.29, 0.717) is 56.5 Å². The molecule has 150 valence electrons. The number of piperazine rings is 1. The van der Waals surface area contributed by atoms with Crippen LogP contribution in [-0.2, 0) is 4.79 Å². The van der Waals surface area contributed by atoms with E-state index in [4.69, 9.17) is 9.47 Å². The van der Waals surface area contributed by atoms with Crippen LogP contribution in [0.15, 0.2) is 53.0 Å². The predicted octanol–water partition coefficient (Wildman–Crippen LogP) is 3.22. The van der Waals surface area contributed by atoms with Gasteiger partial charge in [0.15, 0.2) is 11.5 Å². The van der Waals surface area contributed by atoms with E-state index in [2.05, 4.69) is 15.9 Å². The van der Waals surface area contributed by atoms with Gasteiger partial charge in [0.2, 0.25) is 5.91 Å². The van der Waals surface area contributed by atoms with Crippen LogP contribution in [0.5, 0.6) is 11.5 Å². The van der Waals surface area contributed by atoms with Gasteiger partial charge in [-0.25, -0.2) is 0 Å². The van der Waals surface area contributed by atoms with Gasteiger partial charge in [0.25, 0.3) is 5.91 Å². The first kappa shape index (κ1) is 19.5. The Balaban J connectivity index is 1.33. The molecule has 1 saturated heterocycles. The van der Waals surface area contributed by atoms with Gasteiger partial charge in [-0.05, 0) is 42.0 Å². The summed E-state index contributed by atoms with van der Waals surface area (Å²) in [5.74, 6) is 1.17. The third-order valence-electron chi connectivity index (χ3n) is 4.96. The van der Waals surface area contributed by atoms with Crippen molar-refractivity contribution < 1.29 is 19.1 Å². The van der Waals surface area contributed by atoms with Crippen LogP contribution in [0, 0.1) is 0 Å². The van der Waals surface area contributed by atoms with Crippen molar-refractivity contribution in [3.8, 4) is 11.5 Å². The van der Waals surface area contributed by atoms with Crippen LogP contribution in [0.3, 0.4) is 0 Å². The molecule has 0 radical (unpaired) electrons. The molecule has 6 nitrogen and oxygen atoms in total. The van der Waals surface area contributed by atoms with E-state index in [1.54, 1.807) is 34.1 Å². The molecule has 0 aromatic heterocycles. The minimum Gasteiger partial charge on any atom is -0.486 e. The van der Waals surface area contributed by atoms with E-state index >= 15 is 0 Å². The molecule has 2 amide bonds. The van der Waals surface area contributed by atoms with Crippen LogP contribution in [0.4, 0.5) is 0 Å². The highest BCUT2D eigenvalue weighted by Gasteiger charge is 2.25. The van der Waals surface area contributed by atoms with Crippen molar-refractivity contribution in [2.75, 3.05) is 39.4 Å². The standard InChI is InChI=1S/C22H21BrN2O4/c23-18-5-1-16(2-6-18)3-8-21(26)24-9-11-25(12-10-24)22(27)17-4-7-19-20(15-17)29-14-13-28-19/h1-8,15H,9-14H2/b8-3+. The van der Waals surface area contributed by atoms with Gasteiger partial charge >= 0.3 is 0 Å². The minimum atomic E-state index is -0.0560. The lowest BCUT2D eigenvalue weighted by Crippen LogP contribution is -2.50. The van der Waals surface area contributed by atoms with Gasteiger partial charge in [0, 0.05) is 42.3 Å². The molecule has 29 heavy (non-hydrogen) atoms. The molecule has 2 aromatic rings. The second-order valence-corrected chi connectivity index (χ2v) is 7.78. The van der Waals surface area contributed by atoms with Crippen LogP contribution in [-0.4, -0.2) is 61.0 Å². The van der Waals surface area contributed by atoms with Gasteiger partial charge < -0.3 is 19.3 Å².